The first-order valence-electron chi connectivity index (χ1n) is 6.60. The number of benzene rings is 1. The molecule has 90 valence electrons. The molecule has 1 unspecified atom stereocenters. The molecule has 2 aliphatic heterocycles. The van der Waals surface area contributed by atoms with Gasteiger partial charge in [0.2, 0.25) is 0 Å². The van der Waals surface area contributed by atoms with Crippen LogP contribution in [0.25, 0.3) is 0 Å². The van der Waals surface area contributed by atoms with Gasteiger partial charge in [0.25, 0.3) is 5.79 Å². The molecule has 0 bridgehead atoms. The Morgan fingerprint density at radius 1 is 1.12 bits per heavy atom. The Labute approximate surface area is 101 Å². The van der Waals surface area contributed by atoms with Crippen LogP contribution in [-0.4, -0.2) is 12.3 Å². The summed E-state index contributed by atoms with van der Waals surface area (Å²) in [6.07, 6.45) is 5.76. The second-order valence-corrected chi connectivity index (χ2v) is 5.32. The fourth-order valence-electron chi connectivity index (χ4n) is 2.97. The molecule has 2 fully saturated rings. The molecule has 1 saturated heterocycles. The Morgan fingerprint density at radius 2 is 2.00 bits per heavy atom. The maximum absolute atomic E-state index is 5.98. The minimum atomic E-state index is -0.302. The lowest BCUT2D eigenvalue weighted by molar-refractivity contribution is -0.138. The summed E-state index contributed by atoms with van der Waals surface area (Å²) in [5.41, 5.74) is 1.33. The molecular weight excluding hydrogens is 214 g/mol. The first-order chi connectivity index (χ1) is 8.35. The number of rotatable bonds is 1. The SMILES string of the molecule is c1cc2c(cc1C1CCCN1)OC1(CCC1)O2. The standard InChI is InChI=1S/C14H17NO2/c1-3-11(15-8-1)10-4-5-12-13(9-10)17-14(16-12)6-2-7-14/h4-5,9,11,15H,1-3,6-8H2. The third kappa shape index (κ3) is 1.45. The average Bonchev–Trinajstić information content (AvgIpc) is 2.94. The second kappa shape index (κ2) is 3.39. The van der Waals surface area contributed by atoms with Crippen molar-refractivity contribution in [1.82, 2.24) is 5.32 Å². The predicted molar refractivity (Wildman–Crippen MR) is 64.3 cm³/mol. The van der Waals surface area contributed by atoms with Crippen molar-refractivity contribution < 1.29 is 9.47 Å². The fourth-order valence-corrected chi connectivity index (χ4v) is 2.97. The molecule has 1 aromatic rings. The van der Waals surface area contributed by atoms with Gasteiger partial charge in [0.05, 0.1) is 0 Å². The molecule has 1 N–H and O–H groups in total. The highest BCUT2D eigenvalue weighted by molar-refractivity contribution is 5.47. The normalized spacial score (nSPS) is 28.4. The minimum Gasteiger partial charge on any atom is -0.448 e. The van der Waals surface area contributed by atoms with E-state index in [1.165, 1.54) is 24.8 Å². The van der Waals surface area contributed by atoms with E-state index in [1.807, 2.05) is 0 Å². The molecular formula is C14H17NO2. The van der Waals surface area contributed by atoms with E-state index in [4.69, 9.17) is 9.47 Å². The summed E-state index contributed by atoms with van der Waals surface area (Å²) < 4.78 is 11.9. The van der Waals surface area contributed by atoms with Crippen molar-refractivity contribution in [1.29, 1.82) is 0 Å². The van der Waals surface area contributed by atoms with Gasteiger partial charge in [-0.15, -0.1) is 0 Å². The van der Waals surface area contributed by atoms with Gasteiger partial charge in [-0.25, -0.2) is 0 Å². The van der Waals surface area contributed by atoms with E-state index in [9.17, 15) is 0 Å². The molecule has 2 heterocycles. The van der Waals surface area contributed by atoms with Crippen molar-refractivity contribution in [2.45, 2.75) is 43.9 Å². The third-order valence-corrected chi connectivity index (χ3v) is 4.14. The van der Waals surface area contributed by atoms with Gasteiger partial charge in [0.1, 0.15) is 0 Å². The number of ether oxygens (including phenoxy) is 2. The van der Waals surface area contributed by atoms with Crippen LogP contribution < -0.4 is 14.8 Å². The van der Waals surface area contributed by atoms with E-state index in [0.717, 1.165) is 30.9 Å². The predicted octanol–water partition coefficient (Wildman–Crippen LogP) is 2.76. The Hall–Kier alpha value is -1.22. The minimum absolute atomic E-state index is 0.302. The molecule has 4 rings (SSSR count). The van der Waals surface area contributed by atoms with Crippen molar-refractivity contribution in [3.05, 3.63) is 23.8 Å². The van der Waals surface area contributed by atoms with E-state index >= 15 is 0 Å². The fraction of sp³-hybridized carbons (Fsp3) is 0.571. The van der Waals surface area contributed by atoms with Crippen molar-refractivity contribution in [2.75, 3.05) is 6.54 Å². The van der Waals surface area contributed by atoms with E-state index in [-0.39, 0.29) is 5.79 Å². The number of fused-ring (bicyclic) bond motifs is 1. The zero-order chi connectivity index (χ0) is 11.3. The number of hydrogen-bond donors (Lipinski definition) is 1. The van der Waals surface area contributed by atoms with Gasteiger partial charge in [-0.2, -0.15) is 0 Å². The topological polar surface area (TPSA) is 30.5 Å². The Morgan fingerprint density at radius 3 is 2.71 bits per heavy atom. The molecule has 0 aromatic heterocycles. The number of nitrogens with one attached hydrogen (secondary N) is 1. The van der Waals surface area contributed by atoms with Crippen LogP contribution in [0.3, 0.4) is 0 Å². The molecule has 3 aliphatic rings. The van der Waals surface area contributed by atoms with Crippen molar-refractivity contribution in [3.8, 4) is 11.5 Å². The Balaban J connectivity index is 1.63. The van der Waals surface area contributed by atoms with Gasteiger partial charge in [0, 0.05) is 18.9 Å². The van der Waals surface area contributed by atoms with Crippen molar-refractivity contribution >= 4 is 0 Å². The zero-order valence-corrected chi connectivity index (χ0v) is 9.87. The van der Waals surface area contributed by atoms with Crippen LogP contribution in [0.1, 0.15) is 43.7 Å². The first kappa shape index (κ1) is 9.77. The van der Waals surface area contributed by atoms with Gasteiger partial charge in [-0.3, -0.25) is 0 Å². The average molecular weight is 231 g/mol. The first-order valence-corrected chi connectivity index (χ1v) is 6.60. The van der Waals surface area contributed by atoms with Gasteiger partial charge in [-0.05, 0) is 43.5 Å². The molecule has 1 spiro atoms. The van der Waals surface area contributed by atoms with Gasteiger partial charge < -0.3 is 14.8 Å². The van der Waals surface area contributed by atoms with Gasteiger partial charge >= 0.3 is 0 Å². The molecule has 1 aliphatic carbocycles. The van der Waals surface area contributed by atoms with E-state index in [1.54, 1.807) is 0 Å². The van der Waals surface area contributed by atoms with E-state index in [2.05, 4.69) is 23.5 Å². The molecule has 0 amide bonds. The highest BCUT2D eigenvalue weighted by atomic mass is 16.7. The van der Waals surface area contributed by atoms with Crippen molar-refractivity contribution in [3.63, 3.8) is 0 Å². The van der Waals surface area contributed by atoms with Gasteiger partial charge in [0.15, 0.2) is 11.5 Å². The summed E-state index contributed by atoms with van der Waals surface area (Å²) >= 11 is 0. The maximum Gasteiger partial charge on any atom is 0.251 e. The summed E-state index contributed by atoms with van der Waals surface area (Å²) in [7, 11) is 0. The largest absolute Gasteiger partial charge is 0.448 e. The van der Waals surface area contributed by atoms with Crippen LogP contribution in [0.4, 0.5) is 0 Å². The second-order valence-electron chi connectivity index (χ2n) is 5.32. The summed E-state index contributed by atoms with van der Waals surface area (Å²) in [6, 6.07) is 6.90. The van der Waals surface area contributed by atoms with Crippen LogP contribution in [0, 0.1) is 0 Å². The highest BCUT2D eigenvalue weighted by Crippen LogP contribution is 2.48. The molecule has 1 saturated carbocycles. The summed E-state index contributed by atoms with van der Waals surface area (Å²) in [4.78, 5) is 0. The highest BCUT2D eigenvalue weighted by Gasteiger charge is 2.47. The molecule has 1 atom stereocenters. The van der Waals surface area contributed by atoms with Crippen LogP contribution in [0.15, 0.2) is 18.2 Å². The lowest BCUT2D eigenvalue weighted by Gasteiger charge is -2.35. The van der Waals surface area contributed by atoms with Crippen LogP contribution in [-0.2, 0) is 0 Å². The number of hydrogen-bond acceptors (Lipinski definition) is 3. The van der Waals surface area contributed by atoms with Gasteiger partial charge in [-0.1, -0.05) is 6.07 Å². The Bertz CT molecular complexity index is 448. The summed E-state index contributed by atoms with van der Waals surface area (Å²) in [5, 5.41) is 3.52. The van der Waals surface area contributed by atoms with E-state index in [0.29, 0.717) is 6.04 Å². The van der Waals surface area contributed by atoms with E-state index < -0.39 is 0 Å². The molecule has 3 nitrogen and oxygen atoms in total. The lowest BCUT2D eigenvalue weighted by atomic mass is 9.91. The van der Waals surface area contributed by atoms with Crippen LogP contribution in [0.5, 0.6) is 11.5 Å². The molecule has 0 radical (unpaired) electrons. The van der Waals surface area contributed by atoms with Crippen LogP contribution in [0.2, 0.25) is 0 Å². The molecule has 1 aromatic carbocycles. The third-order valence-electron chi connectivity index (χ3n) is 4.14. The monoisotopic (exact) mass is 231 g/mol. The molecule has 17 heavy (non-hydrogen) atoms. The zero-order valence-electron chi connectivity index (χ0n) is 9.87. The maximum atomic E-state index is 5.98. The smallest absolute Gasteiger partial charge is 0.251 e. The van der Waals surface area contributed by atoms with Crippen LogP contribution >= 0.6 is 0 Å². The summed E-state index contributed by atoms with van der Waals surface area (Å²) in [6.45, 7) is 1.13. The lowest BCUT2D eigenvalue weighted by Crippen LogP contribution is -2.45. The summed E-state index contributed by atoms with van der Waals surface area (Å²) in [5.74, 6) is 1.56. The molecule has 3 heteroatoms. The Kier molecular flexibility index (Phi) is 1.95. The van der Waals surface area contributed by atoms with Crippen molar-refractivity contribution in [2.24, 2.45) is 0 Å². The quantitative estimate of drug-likeness (QED) is 0.806.